The van der Waals surface area contributed by atoms with Crippen LogP contribution in [-0.2, 0) is 16.0 Å². The molecule has 3 aromatic carbocycles. The summed E-state index contributed by atoms with van der Waals surface area (Å²) < 4.78 is 28.5. The zero-order chi connectivity index (χ0) is 22.1. The molecule has 0 saturated carbocycles. The van der Waals surface area contributed by atoms with E-state index < -0.39 is 29.4 Å². The molecule has 0 aliphatic carbocycles. The van der Waals surface area contributed by atoms with Crippen molar-refractivity contribution >= 4 is 23.1 Å². The number of amides is 1. The number of carbonyl (C=O) groups is 2. The van der Waals surface area contributed by atoms with Crippen LogP contribution in [0.4, 0.5) is 14.5 Å². The van der Waals surface area contributed by atoms with Crippen molar-refractivity contribution in [2.75, 3.05) is 4.90 Å². The molecule has 0 bridgehead atoms. The Hall–Kier alpha value is -3.80. The van der Waals surface area contributed by atoms with Gasteiger partial charge in [-0.3, -0.25) is 14.5 Å². The van der Waals surface area contributed by atoms with Gasteiger partial charge in [0.25, 0.3) is 11.7 Å². The summed E-state index contributed by atoms with van der Waals surface area (Å²) >= 11 is 0. The topological polar surface area (TPSA) is 57.6 Å². The van der Waals surface area contributed by atoms with Crippen molar-refractivity contribution in [1.82, 2.24) is 0 Å². The Morgan fingerprint density at radius 1 is 0.968 bits per heavy atom. The molecular weight excluding hydrogens is 400 g/mol. The van der Waals surface area contributed by atoms with Gasteiger partial charge in [-0.25, -0.2) is 8.78 Å². The molecule has 1 saturated heterocycles. The van der Waals surface area contributed by atoms with Crippen LogP contribution in [0, 0.1) is 11.6 Å². The van der Waals surface area contributed by atoms with Gasteiger partial charge in [0.2, 0.25) is 0 Å². The van der Waals surface area contributed by atoms with Gasteiger partial charge in [-0.05, 0) is 29.7 Å². The van der Waals surface area contributed by atoms with Crippen LogP contribution < -0.4 is 4.90 Å². The van der Waals surface area contributed by atoms with Crippen molar-refractivity contribution in [2.45, 2.75) is 19.4 Å². The Kier molecular flexibility index (Phi) is 5.38. The second-order valence-corrected chi connectivity index (χ2v) is 7.23. The number of Topliss-reactive ketones (excluding diaryl/α,β-unsaturated/α-hetero) is 1. The highest BCUT2D eigenvalue weighted by Gasteiger charge is 2.47. The molecule has 4 rings (SSSR count). The van der Waals surface area contributed by atoms with Gasteiger partial charge in [0.15, 0.2) is 0 Å². The second kappa shape index (κ2) is 8.14. The number of hydrogen-bond acceptors (Lipinski definition) is 3. The van der Waals surface area contributed by atoms with Crippen LogP contribution in [0.3, 0.4) is 0 Å². The van der Waals surface area contributed by atoms with Crippen LogP contribution in [-0.4, -0.2) is 16.8 Å². The van der Waals surface area contributed by atoms with Crippen molar-refractivity contribution in [1.29, 1.82) is 0 Å². The molecule has 0 aromatic heterocycles. The quantitative estimate of drug-likeness (QED) is 0.361. The maximum Gasteiger partial charge on any atom is 0.300 e. The fourth-order valence-electron chi connectivity index (χ4n) is 3.76. The fraction of sp³-hybridized carbons (Fsp3) is 0.120. The molecule has 4 nitrogen and oxygen atoms in total. The van der Waals surface area contributed by atoms with E-state index in [1.165, 1.54) is 0 Å². The maximum atomic E-state index is 14.6. The van der Waals surface area contributed by atoms with E-state index in [2.05, 4.69) is 0 Å². The number of benzene rings is 3. The summed E-state index contributed by atoms with van der Waals surface area (Å²) in [5.41, 5.74) is 1.34. The van der Waals surface area contributed by atoms with Gasteiger partial charge in [-0.2, -0.15) is 0 Å². The highest BCUT2D eigenvalue weighted by molar-refractivity contribution is 6.51. The summed E-state index contributed by atoms with van der Waals surface area (Å²) in [6.45, 7) is 1.99. The summed E-state index contributed by atoms with van der Waals surface area (Å²) in [6.07, 6.45) is 0.800. The molecule has 1 fully saturated rings. The molecular formula is C25H19F2NO3. The third kappa shape index (κ3) is 3.61. The number of rotatable bonds is 4. The lowest BCUT2D eigenvalue weighted by atomic mass is 9.94. The zero-order valence-electron chi connectivity index (χ0n) is 16.7. The highest BCUT2D eigenvalue weighted by Crippen LogP contribution is 2.43. The lowest BCUT2D eigenvalue weighted by molar-refractivity contribution is -0.132. The Balaban J connectivity index is 1.94. The molecule has 6 heteroatoms. The zero-order valence-corrected chi connectivity index (χ0v) is 16.7. The van der Waals surface area contributed by atoms with Crippen molar-refractivity contribution in [2.24, 2.45) is 0 Å². The van der Waals surface area contributed by atoms with Crippen LogP contribution >= 0.6 is 0 Å². The number of halogens is 2. The Bertz CT molecular complexity index is 1190. The van der Waals surface area contributed by atoms with Gasteiger partial charge < -0.3 is 5.11 Å². The molecule has 0 radical (unpaired) electrons. The summed E-state index contributed by atoms with van der Waals surface area (Å²) in [5.74, 6) is -3.97. The highest BCUT2D eigenvalue weighted by atomic mass is 19.1. The predicted octanol–water partition coefficient (Wildman–Crippen LogP) is 5.15. The standard InChI is InChI=1S/C25H19F2NO3/c1-2-15-8-10-17(11-9-15)23(29)21-22(16-6-4-3-5-7-16)28(25(31)24(21)30)20-14-18(26)12-13-19(20)27/h3-14,22,29H,2H2,1H3/b23-21+. The molecule has 1 aliphatic heterocycles. The first kappa shape index (κ1) is 20.5. The molecule has 1 heterocycles. The van der Waals surface area contributed by atoms with Crippen LogP contribution in [0.2, 0.25) is 0 Å². The molecule has 1 N–H and O–H groups in total. The largest absolute Gasteiger partial charge is 0.507 e. The first-order valence-corrected chi connectivity index (χ1v) is 9.82. The third-order valence-corrected chi connectivity index (χ3v) is 5.36. The molecule has 1 atom stereocenters. The Labute approximate surface area is 178 Å². The van der Waals surface area contributed by atoms with E-state index in [1.54, 1.807) is 42.5 Å². The van der Waals surface area contributed by atoms with Gasteiger partial charge in [0.1, 0.15) is 17.4 Å². The van der Waals surface area contributed by atoms with Crippen molar-refractivity contribution in [3.05, 3.63) is 107 Å². The minimum absolute atomic E-state index is 0.177. The fourth-order valence-corrected chi connectivity index (χ4v) is 3.76. The smallest absolute Gasteiger partial charge is 0.300 e. The van der Waals surface area contributed by atoms with Gasteiger partial charge in [-0.15, -0.1) is 0 Å². The number of aliphatic hydroxyl groups is 1. The lowest BCUT2D eigenvalue weighted by Crippen LogP contribution is -2.30. The summed E-state index contributed by atoms with van der Waals surface area (Å²) in [6, 6.07) is 17.0. The molecule has 0 spiro atoms. The van der Waals surface area contributed by atoms with E-state index in [0.717, 1.165) is 35.1 Å². The molecule has 1 unspecified atom stereocenters. The number of aryl methyl sites for hydroxylation is 1. The number of anilines is 1. The van der Waals surface area contributed by atoms with Gasteiger partial charge in [0.05, 0.1) is 17.3 Å². The SMILES string of the molecule is CCc1ccc(/C(O)=C2\C(=O)C(=O)N(c3cc(F)ccc3F)C2c2ccccc2)cc1. The average Bonchev–Trinajstić information content (AvgIpc) is 3.06. The number of carbonyl (C=O) groups excluding carboxylic acids is 2. The Morgan fingerprint density at radius 2 is 1.65 bits per heavy atom. The van der Waals surface area contributed by atoms with E-state index in [9.17, 15) is 23.5 Å². The predicted molar refractivity (Wildman–Crippen MR) is 113 cm³/mol. The summed E-state index contributed by atoms with van der Waals surface area (Å²) in [5, 5.41) is 11.0. The first-order chi connectivity index (χ1) is 14.9. The van der Waals surface area contributed by atoms with E-state index in [4.69, 9.17) is 0 Å². The summed E-state index contributed by atoms with van der Waals surface area (Å²) in [4.78, 5) is 26.8. The Morgan fingerprint density at radius 3 is 2.29 bits per heavy atom. The first-order valence-electron chi connectivity index (χ1n) is 9.82. The number of nitrogens with zero attached hydrogens (tertiary/aromatic N) is 1. The van der Waals surface area contributed by atoms with Gasteiger partial charge >= 0.3 is 0 Å². The molecule has 156 valence electrons. The minimum atomic E-state index is -1.11. The summed E-state index contributed by atoms with van der Waals surface area (Å²) in [7, 11) is 0. The number of hydrogen-bond donors (Lipinski definition) is 1. The number of aliphatic hydroxyl groups excluding tert-OH is 1. The van der Waals surface area contributed by atoms with Crippen LogP contribution in [0.5, 0.6) is 0 Å². The van der Waals surface area contributed by atoms with E-state index >= 15 is 0 Å². The molecule has 1 amide bonds. The van der Waals surface area contributed by atoms with E-state index in [-0.39, 0.29) is 17.0 Å². The molecule has 3 aromatic rings. The van der Waals surface area contributed by atoms with Crippen LogP contribution in [0.1, 0.15) is 29.7 Å². The van der Waals surface area contributed by atoms with E-state index in [1.807, 2.05) is 19.1 Å². The second-order valence-electron chi connectivity index (χ2n) is 7.23. The normalized spacial score (nSPS) is 17.9. The van der Waals surface area contributed by atoms with Crippen LogP contribution in [0.15, 0.2) is 78.4 Å². The average molecular weight is 419 g/mol. The third-order valence-electron chi connectivity index (χ3n) is 5.36. The number of ketones is 1. The molecule has 1 aliphatic rings. The van der Waals surface area contributed by atoms with Gasteiger partial charge in [-0.1, -0.05) is 61.5 Å². The van der Waals surface area contributed by atoms with Gasteiger partial charge in [0, 0.05) is 11.6 Å². The monoisotopic (exact) mass is 419 g/mol. The van der Waals surface area contributed by atoms with Crippen LogP contribution in [0.25, 0.3) is 5.76 Å². The van der Waals surface area contributed by atoms with Crippen molar-refractivity contribution < 1.29 is 23.5 Å². The maximum absolute atomic E-state index is 14.6. The van der Waals surface area contributed by atoms with E-state index in [0.29, 0.717) is 11.1 Å². The van der Waals surface area contributed by atoms with Crippen molar-refractivity contribution in [3.8, 4) is 0 Å². The van der Waals surface area contributed by atoms with Crippen molar-refractivity contribution in [3.63, 3.8) is 0 Å². The molecule has 31 heavy (non-hydrogen) atoms. The minimum Gasteiger partial charge on any atom is -0.507 e. The lowest BCUT2D eigenvalue weighted by Gasteiger charge is -2.25.